The number of hydrogen-bond donors (Lipinski definition) is 2. The molecule has 0 saturated heterocycles. The molecule has 0 unspecified atom stereocenters. The van der Waals surface area contributed by atoms with Crippen LogP contribution in [0.5, 0.6) is 0 Å². The summed E-state index contributed by atoms with van der Waals surface area (Å²) in [5.41, 5.74) is 6.15. The predicted molar refractivity (Wildman–Crippen MR) is 61.5 cm³/mol. The number of nitrogens with two attached hydrogens (primary N) is 1. The third kappa shape index (κ3) is 4.30. The van der Waals surface area contributed by atoms with E-state index >= 15 is 0 Å². The van der Waals surface area contributed by atoms with Crippen molar-refractivity contribution in [1.29, 1.82) is 0 Å². The van der Waals surface area contributed by atoms with Gasteiger partial charge in [0.15, 0.2) is 0 Å². The van der Waals surface area contributed by atoms with E-state index in [-0.39, 0.29) is 5.91 Å². The van der Waals surface area contributed by atoms with Gasteiger partial charge in [-0.25, -0.2) is 0 Å². The van der Waals surface area contributed by atoms with Gasteiger partial charge in [0.2, 0.25) is 5.91 Å². The normalized spacial score (nSPS) is 9.79. The monoisotopic (exact) mass is 210 g/mol. The summed E-state index contributed by atoms with van der Waals surface area (Å²) in [4.78, 5) is 11.3. The molecular weight excluding hydrogens is 196 g/mol. The predicted octanol–water partition coefficient (Wildman–Crippen LogP) is 1.32. The highest BCUT2D eigenvalue weighted by atomic mass is 32.2. The summed E-state index contributed by atoms with van der Waals surface area (Å²) in [5.74, 6) is 1.31. The molecule has 3 nitrogen and oxygen atoms in total. The van der Waals surface area contributed by atoms with Crippen LogP contribution < -0.4 is 11.1 Å². The first kappa shape index (κ1) is 11.1. The molecule has 0 aliphatic carbocycles. The highest BCUT2D eigenvalue weighted by Crippen LogP contribution is 2.06. The van der Waals surface area contributed by atoms with Crippen molar-refractivity contribution in [3.63, 3.8) is 0 Å². The van der Waals surface area contributed by atoms with Crippen LogP contribution in [0.15, 0.2) is 30.3 Å². The SMILES string of the molecule is NCCSCC(=O)Nc1ccccc1. The zero-order chi connectivity index (χ0) is 10.2. The number of carbonyl (C=O) groups is 1. The number of nitrogens with one attached hydrogen (secondary N) is 1. The first-order valence-electron chi connectivity index (χ1n) is 4.45. The molecule has 3 N–H and O–H groups in total. The van der Waals surface area contributed by atoms with Crippen LogP contribution in [0.1, 0.15) is 0 Å². The van der Waals surface area contributed by atoms with Crippen molar-refractivity contribution in [2.24, 2.45) is 5.73 Å². The minimum atomic E-state index is 0.0228. The Bertz CT molecular complexity index is 277. The first-order chi connectivity index (χ1) is 6.83. The summed E-state index contributed by atoms with van der Waals surface area (Å²) in [6.07, 6.45) is 0. The van der Waals surface area contributed by atoms with E-state index in [1.807, 2.05) is 30.3 Å². The zero-order valence-electron chi connectivity index (χ0n) is 7.90. The van der Waals surface area contributed by atoms with E-state index in [9.17, 15) is 4.79 Å². The van der Waals surface area contributed by atoms with Gasteiger partial charge in [-0.1, -0.05) is 18.2 Å². The standard InChI is InChI=1S/C10H14N2OS/c11-6-7-14-8-10(13)12-9-4-2-1-3-5-9/h1-5H,6-8,11H2,(H,12,13). The van der Waals surface area contributed by atoms with Gasteiger partial charge in [0.1, 0.15) is 0 Å². The average Bonchev–Trinajstić information content (AvgIpc) is 2.20. The van der Waals surface area contributed by atoms with E-state index < -0.39 is 0 Å². The fourth-order valence-corrected chi connectivity index (χ4v) is 1.54. The molecule has 0 aliphatic rings. The lowest BCUT2D eigenvalue weighted by molar-refractivity contribution is -0.113. The molecule has 0 spiro atoms. The van der Waals surface area contributed by atoms with Gasteiger partial charge in [-0.2, -0.15) is 11.8 Å². The number of rotatable bonds is 5. The van der Waals surface area contributed by atoms with E-state index in [2.05, 4.69) is 5.32 Å². The number of carbonyl (C=O) groups excluding carboxylic acids is 1. The number of hydrogen-bond acceptors (Lipinski definition) is 3. The Morgan fingerprint density at radius 2 is 2.07 bits per heavy atom. The minimum absolute atomic E-state index is 0.0228. The number of amides is 1. The molecule has 14 heavy (non-hydrogen) atoms. The molecule has 0 radical (unpaired) electrons. The van der Waals surface area contributed by atoms with Gasteiger partial charge in [0.05, 0.1) is 5.75 Å². The molecular formula is C10H14N2OS. The Morgan fingerprint density at radius 1 is 1.36 bits per heavy atom. The summed E-state index contributed by atoms with van der Waals surface area (Å²) in [6, 6.07) is 9.43. The second-order valence-electron chi connectivity index (χ2n) is 2.76. The quantitative estimate of drug-likeness (QED) is 0.721. The van der Waals surface area contributed by atoms with E-state index in [0.717, 1.165) is 11.4 Å². The molecule has 0 aromatic heterocycles. The lowest BCUT2D eigenvalue weighted by atomic mass is 10.3. The number of thioether (sulfide) groups is 1. The van der Waals surface area contributed by atoms with Gasteiger partial charge < -0.3 is 11.1 Å². The lowest BCUT2D eigenvalue weighted by Crippen LogP contribution is -2.15. The van der Waals surface area contributed by atoms with Crippen molar-refractivity contribution in [2.45, 2.75) is 0 Å². The van der Waals surface area contributed by atoms with Crippen molar-refractivity contribution >= 4 is 23.4 Å². The molecule has 0 heterocycles. The third-order valence-corrected chi connectivity index (χ3v) is 2.54. The molecule has 0 saturated carbocycles. The summed E-state index contributed by atoms with van der Waals surface area (Å²) in [7, 11) is 0. The summed E-state index contributed by atoms with van der Waals surface area (Å²) in [5, 5.41) is 2.80. The van der Waals surface area contributed by atoms with E-state index in [1.165, 1.54) is 0 Å². The maximum Gasteiger partial charge on any atom is 0.234 e. The zero-order valence-corrected chi connectivity index (χ0v) is 8.72. The van der Waals surface area contributed by atoms with Gasteiger partial charge >= 0.3 is 0 Å². The molecule has 76 valence electrons. The van der Waals surface area contributed by atoms with Crippen molar-refractivity contribution in [3.8, 4) is 0 Å². The van der Waals surface area contributed by atoms with Crippen LogP contribution in [-0.4, -0.2) is 24.0 Å². The number of para-hydroxylation sites is 1. The summed E-state index contributed by atoms with van der Waals surface area (Å²) in [6.45, 7) is 0.614. The average molecular weight is 210 g/mol. The van der Waals surface area contributed by atoms with Crippen molar-refractivity contribution in [1.82, 2.24) is 0 Å². The van der Waals surface area contributed by atoms with Crippen molar-refractivity contribution in [2.75, 3.05) is 23.4 Å². The van der Waals surface area contributed by atoms with Crippen molar-refractivity contribution in [3.05, 3.63) is 30.3 Å². The largest absolute Gasteiger partial charge is 0.330 e. The molecule has 4 heteroatoms. The van der Waals surface area contributed by atoms with E-state index in [4.69, 9.17) is 5.73 Å². The molecule has 0 aliphatic heterocycles. The Morgan fingerprint density at radius 3 is 2.71 bits per heavy atom. The van der Waals surface area contributed by atoms with Crippen LogP contribution in [0.2, 0.25) is 0 Å². The Hall–Kier alpha value is -1.00. The minimum Gasteiger partial charge on any atom is -0.330 e. The Labute approximate surface area is 88.1 Å². The number of benzene rings is 1. The smallest absolute Gasteiger partial charge is 0.234 e. The van der Waals surface area contributed by atoms with Crippen LogP contribution >= 0.6 is 11.8 Å². The van der Waals surface area contributed by atoms with Crippen LogP contribution in [-0.2, 0) is 4.79 Å². The summed E-state index contributed by atoms with van der Waals surface area (Å²) < 4.78 is 0. The van der Waals surface area contributed by atoms with Gasteiger partial charge in [0, 0.05) is 18.0 Å². The second-order valence-corrected chi connectivity index (χ2v) is 3.86. The van der Waals surface area contributed by atoms with Gasteiger partial charge in [-0.05, 0) is 12.1 Å². The van der Waals surface area contributed by atoms with Crippen LogP contribution in [0.3, 0.4) is 0 Å². The third-order valence-electron chi connectivity index (χ3n) is 1.55. The molecule has 0 bridgehead atoms. The topological polar surface area (TPSA) is 55.1 Å². The maximum atomic E-state index is 11.3. The first-order valence-corrected chi connectivity index (χ1v) is 5.61. The molecule has 1 aromatic carbocycles. The fraction of sp³-hybridized carbons (Fsp3) is 0.300. The molecule has 1 amide bonds. The second kappa shape index (κ2) is 6.45. The fourth-order valence-electron chi connectivity index (χ4n) is 0.967. The van der Waals surface area contributed by atoms with Crippen LogP contribution in [0.4, 0.5) is 5.69 Å². The van der Waals surface area contributed by atoms with Crippen LogP contribution in [0.25, 0.3) is 0 Å². The number of anilines is 1. The van der Waals surface area contributed by atoms with E-state index in [1.54, 1.807) is 11.8 Å². The summed E-state index contributed by atoms with van der Waals surface area (Å²) >= 11 is 1.54. The Kier molecular flexibility index (Phi) is 5.11. The lowest BCUT2D eigenvalue weighted by Gasteiger charge is -2.03. The highest BCUT2D eigenvalue weighted by Gasteiger charge is 2.00. The molecule has 0 atom stereocenters. The van der Waals surface area contributed by atoms with Crippen LogP contribution in [0, 0.1) is 0 Å². The highest BCUT2D eigenvalue weighted by molar-refractivity contribution is 7.99. The molecule has 1 aromatic rings. The van der Waals surface area contributed by atoms with Gasteiger partial charge in [-0.15, -0.1) is 0 Å². The van der Waals surface area contributed by atoms with E-state index in [0.29, 0.717) is 12.3 Å². The molecule has 0 fully saturated rings. The van der Waals surface area contributed by atoms with Gasteiger partial charge in [-0.3, -0.25) is 4.79 Å². The Balaban J connectivity index is 2.27. The van der Waals surface area contributed by atoms with Gasteiger partial charge in [0.25, 0.3) is 0 Å². The van der Waals surface area contributed by atoms with Crippen molar-refractivity contribution < 1.29 is 4.79 Å². The maximum absolute atomic E-state index is 11.3. The molecule has 1 rings (SSSR count).